The van der Waals surface area contributed by atoms with Gasteiger partial charge in [0.2, 0.25) is 0 Å². The van der Waals surface area contributed by atoms with Gasteiger partial charge in [-0.1, -0.05) is 0 Å². The zero-order chi connectivity index (χ0) is 9.14. The van der Waals surface area contributed by atoms with Gasteiger partial charge in [0.05, 0.1) is 25.4 Å². The molecule has 1 aliphatic heterocycles. The van der Waals surface area contributed by atoms with Crippen LogP contribution in [0.4, 0.5) is 0 Å². The first-order valence-corrected chi connectivity index (χ1v) is 4.01. The lowest BCUT2D eigenvalue weighted by molar-refractivity contribution is 0.0546. The summed E-state index contributed by atoms with van der Waals surface area (Å²) >= 11 is 0. The molecule has 1 rings (SSSR count). The number of hydrogen-bond acceptors (Lipinski definition) is 5. The van der Waals surface area contributed by atoms with Crippen molar-refractivity contribution < 1.29 is 20.4 Å². The zero-order valence-corrected chi connectivity index (χ0v) is 6.72. The van der Waals surface area contributed by atoms with Crippen LogP contribution >= 0.6 is 0 Å². The van der Waals surface area contributed by atoms with E-state index in [0.29, 0.717) is 0 Å². The Balaban J connectivity index is 2.58. The molecule has 0 aromatic carbocycles. The van der Waals surface area contributed by atoms with Gasteiger partial charge in [0, 0.05) is 18.6 Å². The Morgan fingerprint density at radius 2 is 1.50 bits per heavy atom. The van der Waals surface area contributed by atoms with E-state index in [2.05, 4.69) is 5.32 Å². The summed E-state index contributed by atoms with van der Waals surface area (Å²) in [4.78, 5) is 0. The molecule has 0 amide bonds. The fourth-order valence-electron chi connectivity index (χ4n) is 1.62. The Bertz CT molecular complexity index is 141. The SMILES string of the molecule is OC[C@@H]1C(O)[C@@H](CO)N[C@@H]1CO. The summed E-state index contributed by atoms with van der Waals surface area (Å²) in [6, 6.07) is -0.749. The van der Waals surface area contributed by atoms with Crippen LogP contribution in [0.25, 0.3) is 0 Å². The van der Waals surface area contributed by atoms with Gasteiger partial charge in [0.1, 0.15) is 0 Å². The molecule has 0 radical (unpaired) electrons. The van der Waals surface area contributed by atoms with Crippen molar-refractivity contribution >= 4 is 0 Å². The van der Waals surface area contributed by atoms with Gasteiger partial charge < -0.3 is 25.7 Å². The molecule has 5 nitrogen and oxygen atoms in total. The molecule has 0 aromatic rings. The zero-order valence-electron chi connectivity index (χ0n) is 6.72. The van der Waals surface area contributed by atoms with Crippen LogP contribution in [-0.4, -0.2) is 58.4 Å². The van der Waals surface area contributed by atoms with Crippen LogP contribution in [0, 0.1) is 5.92 Å². The molecule has 4 atom stereocenters. The summed E-state index contributed by atoms with van der Waals surface area (Å²) in [6.45, 7) is -0.511. The number of nitrogens with one attached hydrogen (secondary N) is 1. The molecule has 72 valence electrons. The molecule has 5 N–H and O–H groups in total. The Labute approximate surface area is 70.6 Å². The minimum Gasteiger partial charge on any atom is -0.396 e. The van der Waals surface area contributed by atoms with Crippen LogP contribution in [0.2, 0.25) is 0 Å². The fourth-order valence-corrected chi connectivity index (χ4v) is 1.62. The highest BCUT2D eigenvalue weighted by molar-refractivity contribution is 4.96. The van der Waals surface area contributed by atoms with Gasteiger partial charge in [-0.25, -0.2) is 0 Å². The molecule has 0 bridgehead atoms. The van der Waals surface area contributed by atoms with Crippen LogP contribution < -0.4 is 5.32 Å². The number of hydrogen-bond donors (Lipinski definition) is 5. The largest absolute Gasteiger partial charge is 0.396 e. The molecular weight excluding hydrogens is 162 g/mol. The van der Waals surface area contributed by atoms with E-state index >= 15 is 0 Å². The highest BCUT2D eigenvalue weighted by atomic mass is 16.3. The van der Waals surface area contributed by atoms with Crippen molar-refractivity contribution in [1.29, 1.82) is 0 Å². The van der Waals surface area contributed by atoms with Crippen molar-refractivity contribution in [3.05, 3.63) is 0 Å². The van der Waals surface area contributed by atoms with E-state index in [0.717, 1.165) is 0 Å². The predicted molar refractivity (Wildman–Crippen MR) is 41.5 cm³/mol. The Hall–Kier alpha value is -0.200. The molecule has 1 unspecified atom stereocenters. The highest BCUT2D eigenvalue weighted by Gasteiger charge is 2.40. The summed E-state index contributed by atoms with van der Waals surface area (Å²) < 4.78 is 0. The van der Waals surface area contributed by atoms with E-state index < -0.39 is 12.1 Å². The van der Waals surface area contributed by atoms with Gasteiger partial charge in [-0.15, -0.1) is 0 Å². The van der Waals surface area contributed by atoms with Gasteiger partial charge in [-0.2, -0.15) is 0 Å². The van der Waals surface area contributed by atoms with E-state index in [1.807, 2.05) is 0 Å². The molecule has 0 saturated carbocycles. The Morgan fingerprint density at radius 3 is 1.83 bits per heavy atom. The third-order valence-corrected chi connectivity index (χ3v) is 2.40. The minimum absolute atomic E-state index is 0.140. The number of rotatable bonds is 3. The van der Waals surface area contributed by atoms with Crippen molar-refractivity contribution in [3.63, 3.8) is 0 Å². The lowest BCUT2D eigenvalue weighted by Crippen LogP contribution is -2.37. The Morgan fingerprint density at radius 1 is 0.917 bits per heavy atom. The molecule has 1 aliphatic rings. The smallest absolute Gasteiger partial charge is 0.0781 e. The quantitative estimate of drug-likeness (QED) is 0.323. The third kappa shape index (κ3) is 1.60. The van der Waals surface area contributed by atoms with E-state index in [1.54, 1.807) is 0 Å². The molecule has 1 saturated heterocycles. The van der Waals surface area contributed by atoms with Crippen molar-refractivity contribution in [1.82, 2.24) is 5.32 Å². The Kier molecular flexibility index (Phi) is 3.42. The van der Waals surface area contributed by atoms with Crippen LogP contribution in [0.1, 0.15) is 0 Å². The normalized spacial score (nSPS) is 42.0. The summed E-state index contributed by atoms with van der Waals surface area (Å²) in [5, 5.41) is 38.8. The molecule has 0 aromatic heterocycles. The van der Waals surface area contributed by atoms with E-state index in [1.165, 1.54) is 0 Å². The summed E-state index contributed by atoms with van der Waals surface area (Å²) in [5.41, 5.74) is 0. The molecule has 0 spiro atoms. The van der Waals surface area contributed by atoms with Crippen molar-refractivity contribution in [3.8, 4) is 0 Å². The molecule has 5 heteroatoms. The summed E-state index contributed by atoms with van der Waals surface area (Å²) in [5.74, 6) is -0.382. The maximum atomic E-state index is 9.46. The second-order valence-electron chi connectivity index (χ2n) is 3.08. The standard InChI is InChI=1S/C7H15NO4/c9-1-4-5(2-10)8-6(3-11)7(4)12/h4-12H,1-3H2/t4-,5+,6+,7?/m0/s1. The van der Waals surface area contributed by atoms with Gasteiger partial charge in [-0.05, 0) is 0 Å². The first-order valence-electron chi connectivity index (χ1n) is 4.01. The monoisotopic (exact) mass is 177 g/mol. The lowest BCUT2D eigenvalue weighted by Gasteiger charge is -2.16. The molecule has 1 heterocycles. The molecule has 1 fully saturated rings. The first kappa shape index (κ1) is 9.88. The van der Waals surface area contributed by atoms with Crippen LogP contribution in [0.3, 0.4) is 0 Å². The lowest BCUT2D eigenvalue weighted by atomic mass is 9.98. The van der Waals surface area contributed by atoms with Gasteiger partial charge >= 0.3 is 0 Å². The minimum atomic E-state index is -0.780. The summed E-state index contributed by atoms with van der Waals surface area (Å²) in [6.07, 6.45) is -0.780. The van der Waals surface area contributed by atoms with Crippen molar-refractivity contribution in [2.75, 3.05) is 19.8 Å². The van der Waals surface area contributed by atoms with Gasteiger partial charge in [-0.3, -0.25) is 0 Å². The van der Waals surface area contributed by atoms with Gasteiger partial charge in [0.15, 0.2) is 0 Å². The molecular formula is C7H15NO4. The maximum absolute atomic E-state index is 9.46. The topological polar surface area (TPSA) is 93.0 Å². The molecule has 0 aliphatic carbocycles. The van der Waals surface area contributed by atoms with E-state index in [-0.39, 0.29) is 31.8 Å². The predicted octanol–water partition coefficient (Wildman–Crippen LogP) is -2.72. The second-order valence-corrected chi connectivity index (χ2v) is 3.08. The van der Waals surface area contributed by atoms with Crippen molar-refractivity contribution in [2.24, 2.45) is 5.92 Å². The maximum Gasteiger partial charge on any atom is 0.0781 e. The second kappa shape index (κ2) is 4.15. The van der Waals surface area contributed by atoms with E-state index in [4.69, 9.17) is 15.3 Å². The highest BCUT2D eigenvalue weighted by Crippen LogP contribution is 2.20. The first-order chi connectivity index (χ1) is 5.74. The van der Waals surface area contributed by atoms with Crippen LogP contribution in [0.5, 0.6) is 0 Å². The number of aliphatic hydroxyl groups is 4. The van der Waals surface area contributed by atoms with E-state index in [9.17, 15) is 5.11 Å². The third-order valence-electron chi connectivity index (χ3n) is 2.40. The van der Waals surface area contributed by atoms with Crippen LogP contribution in [0.15, 0.2) is 0 Å². The fraction of sp³-hybridized carbons (Fsp3) is 1.00. The molecule has 12 heavy (non-hydrogen) atoms. The van der Waals surface area contributed by atoms with Crippen molar-refractivity contribution in [2.45, 2.75) is 18.2 Å². The average Bonchev–Trinajstić information content (AvgIpc) is 2.41. The summed E-state index contributed by atoms with van der Waals surface area (Å²) in [7, 11) is 0. The van der Waals surface area contributed by atoms with Gasteiger partial charge in [0.25, 0.3) is 0 Å². The number of aliphatic hydroxyl groups excluding tert-OH is 4. The average molecular weight is 177 g/mol. The van der Waals surface area contributed by atoms with Crippen LogP contribution in [-0.2, 0) is 0 Å².